The minimum atomic E-state index is -1.25. The number of carbonyl (C=O) groups excluding carboxylic acids is 1. The van der Waals surface area contributed by atoms with Crippen molar-refractivity contribution in [3.8, 4) is 6.07 Å². The first-order chi connectivity index (χ1) is 8.54. The Kier molecular flexibility index (Phi) is 3.21. The fourth-order valence-corrected chi connectivity index (χ4v) is 2.01. The summed E-state index contributed by atoms with van der Waals surface area (Å²) in [6.07, 6.45) is 0. The van der Waals surface area contributed by atoms with Crippen LogP contribution < -0.4 is 10.6 Å². The third-order valence-electron chi connectivity index (χ3n) is 2.59. The van der Waals surface area contributed by atoms with Crippen LogP contribution in [0.2, 0.25) is 0 Å². The number of carbonyl (C=O) groups is 1. The minimum absolute atomic E-state index is 0.0563. The summed E-state index contributed by atoms with van der Waals surface area (Å²) in [6, 6.07) is 3.91. The maximum absolute atomic E-state index is 13.6. The molecule has 4 nitrogen and oxygen atoms in total. The molecule has 18 heavy (non-hydrogen) atoms. The predicted molar refractivity (Wildman–Crippen MR) is 62.1 cm³/mol. The molecule has 2 atom stereocenters. The summed E-state index contributed by atoms with van der Waals surface area (Å²) in [5.41, 5.74) is -0.360. The number of thiocarbonyl (C=S) groups is 1. The van der Waals surface area contributed by atoms with Gasteiger partial charge >= 0.3 is 0 Å². The van der Waals surface area contributed by atoms with Crippen LogP contribution in [0, 0.1) is 28.9 Å². The van der Waals surface area contributed by atoms with Gasteiger partial charge in [-0.3, -0.25) is 4.79 Å². The van der Waals surface area contributed by atoms with Crippen LogP contribution in [0.15, 0.2) is 18.2 Å². The molecule has 1 amide bonds. The fraction of sp³-hybridized carbons (Fsp3) is 0.182. The maximum atomic E-state index is 13.6. The standard InChI is InChI=1S/C11H7F2N3OS/c12-6-2-1-3-7(13)8(6)9-5(4-14)10(17)16-11(18)15-9/h1-3,5,9H,(H2,15,16,17,18)/t5-,9+/m1/s1. The third kappa shape index (κ3) is 2.02. The van der Waals surface area contributed by atoms with Gasteiger partial charge in [-0.1, -0.05) is 6.07 Å². The molecule has 1 heterocycles. The van der Waals surface area contributed by atoms with Gasteiger partial charge < -0.3 is 10.6 Å². The predicted octanol–water partition coefficient (Wildman–Crippen LogP) is 1.15. The van der Waals surface area contributed by atoms with Gasteiger partial charge in [0, 0.05) is 5.56 Å². The van der Waals surface area contributed by atoms with Gasteiger partial charge in [-0.15, -0.1) is 0 Å². The Morgan fingerprint density at radius 3 is 2.50 bits per heavy atom. The molecule has 1 fully saturated rings. The van der Waals surface area contributed by atoms with Crippen molar-refractivity contribution >= 4 is 23.2 Å². The summed E-state index contributed by atoms with van der Waals surface area (Å²) in [4.78, 5) is 11.5. The van der Waals surface area contributed by atoms with Crippen LogP contribution in [-0.4, -0.2) is 11.0 Å². The van der Waals surface area contributed by atoms with Gasteiger partial charge in [0.2, 0.25) is 5.91 Å². The van der Waals surface area contributed by atoms with Crippen LogP contribution in [-0.2, 0) is 4.79 Å². The Labute approximate surface area is 107 Å². The Balaban J connectivity index is 2.50. The van der Waals surface area contributed by atoms with Crippen molar-refractivity contribution in [2.45, 2.75) is 6.04 Å². The molecule has 1 aromatic rings. The fourth-order valence-electron chi connectivity index (χ4n) is 1.78. The highest BCUT2D eigenvalue weighted by Gasteiger charge is 2.38. The van der Waals surface area contributed by atoms with E-state index in [0.29, 0.717) is 0 Å². The molecule has 7 heteroatoms. The summed E-state index contributed by atoms with van der Waals surface area (Å²) < 4.78 is 27.3. The molecule has 0 spiro atoms. The lowest BCUT2D eigenvalue weighted by Crippen LogP contribution is -2.53. The summed E-state index contributed by atoms with van der Waals surface area (Å²) in [7, 11) is 0. The van der Waals surface area contributed by atoms with Crippen LogP contribution in [0.1, 0.15) is 11.6 Å². The van der Waals surface area contributed by atoms with Gasteiger partial charge in [0.15, 0.2) is 5.11 Å². The molecule has 92 valence electrons. The number of hydrogen-bond donors (Lipinski definition) is 2. The van der Waals surface area contributed by atoms with Crippen molar-refractivity contribution in [2.24, 2.45) is 5.92 Å². The molecule has 0 saturated carbocycles. The number of hydrogen-bond acceptors (Lipinski definition) is 3. The molecule has 2 rings (SSSR count). The highest BCUT2D eigenvalue weighted by atomic mass is 32.1. The highest BCUT2D eigenvalue weighted by Crippen LogP contribution is 2.28. The number of halogens is 2. The van der Waals surface area contributed by atoms with Crippen molar-refractivity contribution in [1.29, 1.82) is 5.26 Å². The van der Waals surface area contributed by atoms with Gasteiger partial charge in [-0.05, 0) is 24.4 Å². The Hall–Kier alpha value is -2.07. The first-order valence-electron chi connectivity index (χ1n) is 4.99. The molecule has 1 aliphatic heterocycles. The van der Waals surface area contributed by atoms with E-state index in [4.69, 9.17) is 17.5 Å². The molecule has 1 aliphatic rings. The van der Waals surface area contributed by atoms with Crippen LogP contribution in [0.3, 0.4) is 0 Å². The molecule has 0 bridgehead atoms. The number of nitrogens with one attached hydrogen (secondary N) is 2. The average Bonchev–Trinajstić information content (AvgIpc) is 2.28. The zero-order valence-electron chi connectivity index (χ0n) is 8.91. The monoisotopic (exact) mass is 267 g/mol. The Bertz CT molecular complexity index is 550. The van der Waals surface area contributed by atoms with Crippen LogP contribution in [0.4, 0.5) is 8.78 Å². The molecule has 0 aliphatic carbocycles. The van der Waals surface area contributed by atoms with Gasteiger partial charge in [0.1, 0.15) is 17.6 Å². The van der Waals surface area contributed by atoms with Crippen molar-refractivity contribution < 1.29 is 13.6 Å². The Morgan fingerprint density at radius 2 is 1.94 bits per heavy atom. The zero-order chi connectivity index (χ0) is 13.3. The van der Waals surface area contributed by atoms with Crippen molar-refractivity contribution in [2.75, 3.05) is 0 Å². The lowest BCUT2D eigenvalue weighted by molar-refractivity contribution is -0.123. The molecule has 1 saturated heterocycles. The Morgan fingerprint density at radius 1 is 1.33 bits per heavy atom. The van der Waals surface area contributed by atoms with E-state index in [2.05, 4.69) is 10.6 Å². The number of rotatable bonds is 1. The van der Waals surface area contributed by atoms with E-state index in [9.17, 15) is 13.6 Å². The molecular formula is C11H7F2N3OS. The summed E-state index contributed by atoms with van der Waals surface area (Å²) in [5.74, 6) is -3.58. The van der Waals surface area contributed by atoms with Gasteiger partial charge in [0.05, 0.1) is 12.1 Å². The van der Waals surface area contributed by atoms with E-state index in [1.165, 1.54) is 6.07 Å². The largest absolute Gasteiger partial charge is 0.353 e. The molecule has 0 radical (unpaired) electrons. The van der Waals surface area contributed by atoms with Crippen molar-refractivity contribution in [3.63, 3.8) is 0 Å². The zero-order valence-corrected chi connectivity index (χ0v) is 9.72. The molecule has 2 N–H and O–H groups in total. The molecule has 0 aromatic heterocycles. The second-order valence-electron chi connectivity index (χ2n) is 3.68. The molecule has 0 unspecified atom stereocenters. The van der Waals surface area contributed by atoms with Crippen molar-refractivity contribution in [1.82, 2.24) is 10.6 Å². The number of nitriles is 1. The summed E-state index contributed by atoms with van der Waals surface area (Å²) in [6.45, 7) is 0. The number of benzene rings is 1. The van der Waals surface area contributed by atoms with Crippen LogP contribution in [0.5, 0.6) is 0 Å². The van der Waals surface area contributed by atoms with Crippen LogP contribution in [0.25, 0.3) is 0 Å². The van der Waals surface area contributed by atoms with E-state index in [0.717, 1.165) is 12.1 Å². The minimum Gasteiger partial charge on any atom is -0.353 e. The van der Waals surface area contributed by atoms with Crippen molar-refractivity contribution in [3.05, 3.63) is 35.4 Å². The second-order valence-corrected chi connectivity index (χ2v) is 4.09. The van der Waals surface area contributed by atoms with E-state index < -0.39 is 29.5 Å². The van der Waals surface area contributed by atoms with E-state index in [1.54, 1.807) is 6.07 Å². The summed E-state index contributed by atoms with van der Waals surface area (Å²) >= 11 is 4.75. The SMILES string of the molecule is N#C[C@H]1C(=O)NC(=S)N[C@@H]1c1c(F)cccc1F. The van der Waals surface area contributed by atoms with Crippen LogP contribution >= 0.6 is 12.2 Å². The number of amides is 1. The number of nitrogens with zero attached hydrogens (tertiary/aromatic N) is 1. The van der Waals surface area contributed by atoms with E-state index in [-0.39, 0.29) is 10.7 Å². The van der Waals surface area contributed by atoms with Gasteiger partial charge in [-0.25, -0.2) is 8.78 Å². The molecule has 1 aromatic carbocycles. The first kappa shape index (κ1) is 12.4. The quantitative estimate of drug-likeness (QED) is 0.749. The second kappa shape index (κ2) is 4.66. The smallest absolute Gasteiger partial charge is 0.245 e. The van der Waals surface area contributed by atoms with Gasteiger partial charge in [-0.2, -0.15) is 5.26 Å². The highest BCUT2D eigenvalue weighted by molar-refractivity contribution is 7.80. The molecular weight excluding hydrogens is 260 g/mol. The third-order valence-corrected chi connectivity index (χ3v) is 2.81. The maximum Gasteiger partial charge on any atom is 0.245 e. The average molecular weight is 267 g/mol. The lowest BCUT2D eigenvalue weighted by Gasteiger charge is -2.29. The van der Waals surface area contributed by atoms with E-state index in [1.807, 2.05) is 0 Å². The normalized spacial score (nSPS) is 22.9. The van der Waals surface area contributed by atoms with Gasteiger partial charge in [0.25, 0.3) is 0 Å². The summed E-state index contributed by atoms with van der Waals surface area (Å²) in [5, 5.41) is 13.6. The topological polar surface area (TPSA) is 64.9 Å². The first-order valence-corrected chi connectivity index (χ1v) is 5.40. The lowest BCUT2D eigenvalue weighted by atomic mass is 9.91. The van der Waals surface area contributed by atoms with E-state index >= 15 is 0 Å².